The average molecular weight is 467 g/mol. The second kappa shape index (κ2) is 8.51. The number of anilines is 1. The molecule has 1 N–H and O–H groups in total. The number of hydrogen-bond donors (Lipinski definition) is 1. The Kier molecular flexibility index (Phi) is 5.91. The van der Waals surface area contributed by atoms with Gasteiger partial charge in [-0.25, -0.2) is 14.8 Å². The molecule has 0 aromatic carbocycles. The van der Waals surface area contributed by atoms with Crippen LogP contribution >= 0.6 is 11.3 Å². The Bertz CT molecular complexity index is 1200. The van der Waals surface area contributed by atoms with Gasteiger partial charge in [0, 0.05) is 32.4 Å². The van der Waals surface area contributed by atoms with Crippen LogP contribution in [0, 0.1) is 6.92 Å². The lowest BCUT2D eigenvalue weighted by molar-refractivity contribution is -0.137. The van der Waals surface area contributed by atoms with Gasteiger partial charge in [0.2, 0.25) is 0 Å². The van der Waals surface area contributed by atoms with Crippen LogP contribution in [0.1, 0.15) is 26.6 Å². The highest BCUT2D eigenvalue weighted by molar-refractivity contribution is 7.20. The van der Waals surface area contributed by atoms with Crippen LogP contribution in [0.4, 0.5) is 19.0 Å². The number of halogens is 3. The number of alkyl halides is 3. The fourth-order valence-corrected chi connectivity index (χ4v) is 4.76. The first kappa shape index (κ1) is 22.2. The summed E-state index contributed by atoms with van der Waals surface area (Å²) < 4.78 is 42.9. The summed E-state index contributed by atoms with van der Waals surface area (Å²) in [6.07, 6.45) is -3.56. The zero-order valence-electron chi connectivity index (χ0n) is 17.3. The normalized spacial score (nSPS) is 15.3. The minimum Gasteiger partial charge on any atom is -0.465 e. The molecule has 0 unspecified atom stereocenters. The van der Waals surface area contributed by atoms with Gasteiger partial charge in [0.05, 0.1) is 24.6 Å². The van der Waals surface area contributed by atoms with Crippen LogP contribution in [0.3, 0.4) is 0 Å². The van der Waals surface area contributed by atoms with E-state index in [2.05, 4.69) is 19.9 Å². The number of methoxy groups -OCH3 is 1. The van der Waals surface area contributed by atoms with Crippen LogP contribution in [0.5, 0.6) is 0 Å². The maximum atomic E-state index is 12.7. The highest BCUT2D eigenvalue weighted by Gasteiger charge is 2.31. The van der Waals surface area contributed by atoms with Crippen molar-refractivity contribution in [1.82, 2.24) is 19.9 Å². The van der Waals surface area contributed by atoms with Gasteiger partial charge in [0.15, 0.2) is 0 Å². The second-order valence-corrected chi connectivity index (χ2v) is 8.41. The first-order chi connectivity index (χ1) is 15.2. The van der Waals surface area contributed by atoms with Gasteiger partial charge < -0.3 is 14.6 Å². The summed E-state index contributed by atoms with van der Waals surface area (Å²) in [5.74, 6) is 0.482. The number of carbonyl (C=O) groups excluding carboxylic acids is 1. The van der Waals surface area contributed by atoms with Crippen molar-refractivity contribution < 1.29 is 22.7 Å². The van der Waals surface area contributed by atoms with Crippen molar-refractivity contribution in [3.63, 3.8) is 0 Å². The van der Waals surface area contributed by atoms with Crippen LogP contribution in [0.25, 0.3) is 10.2 Å². The van der Waals surface area contributed by atoms with Gasteiger partial charge in [-0.15, -0.1) is 11.3 Å². The standard InChI is InChI=1S/C20H20F3N5O3S/c1-11-15-17(29)25-13(26-18(15)32-16(11)19(30)31-2)10-27-5-7-28(8-6-27)14-4-3-12(9-24-14)20(21,22)23/h3-4,9H,5-8,10H2,1-2H3,(H,25,26,29). The molecule has 32 heavy (non-hydrogen) atoms. The summed E-state index contributed by atoms with van der Waals surface area (Å²) in [6, 6.07) is 2.41. The third-order valence-corrected chi connectivity index (χ3v) is 6.53. The number of esters is 1. The van der Waals surface area contributed by atoms with E-state index in [-0.39, 0.29) is 5.56 Å². The lowest BCUT2D eigenvalue weighted by Crippen LogP contribution is -2.46. The Hall–Kier alpha value is -2.99. The van der Waals surface area contributed by atoms with Crippen molar-refractivity contribution in [3.8, 4) is 0 Å². The molecule has 0 saturated carbocycles. The molecule has 1 saturated heterocycles. The van der Waals surface area contributed by atoms with Crippen molar-refractivity contribution in [3.05, 3.63) is 50.5 Å². The molecular formula is C20H20F3N5O3S. The number of carbonyl (C=O) groups is 1. The predicted octanol–water partition coefficient (Wildman–Crippen LogP) is 2.82. The number of fused-ring (bicyclic) bond motifs is 1. The average Bonchev–Trinajstić information content (AvgIpc) is 3.10. The van der Waals surface area contributed by atoms with Crippen LogP contribution < -0.4 is 10.5 Å². The molecule has 1 fully saturated rings. The zero-order valence-corrected chi connectivity index (χ0v) is 18.1. The van der Waals surface area contributed by atoms with Crippen LogP contribution in [0.2, 0.25) is 0 Å². The van der Waals surface area contributed by atoms with E-state index < -0.39 is 17.7 Å². The molecule has 1 aliphatic rings. The Labute approximate surface area is 184 Å². The molecule has 12 heteroatoms. The molecule has 4 heterocycles. The maximum absolute atomic E-state index is 12.7. The molecule has 0 radical (unpaired) electrons. The number of hydrogen-bond acceptors (Lipinski definition) is 8. The zero-order chi connectivity index (χ0) is 23.0. The van der Waals surface area contributed by atoms with E-state index in [0.29, 0.717) is 65.0 Å². The summed E-state index contributed by atoms with van der Waals surface area (Å²) in [5.41, 5.74) is -0.527. The van der Waals surface area contributed by atoms with E-state index in [1.54, 1.807) is 6.92 Å². The van der Waals surface area contributed by atoms with E-state index in [0.717, 1.165) is 23.6 Å². The Morgan fingerprint density at radius 2 is 1.97 bits per heavy atom. The number of nitrogens with zero attached hydrogens (tertiary/aromatic N) is 4. The van der Waals surface area contributed by atoms with Gasteiger partial charge in [-0.05, 0) is 24.6 Å². The Morgan fingerprint density at radius 1 is 1.25 bits per heavy atom. The summed E-state index contributed by atoms with van der Waals surface area (Å²) >= 11 is 1.13. The number of aromatic amines is 1. The van der Waals surface area contributed by atoms with Gasteiger partial charge in [-0.3, -0.25) is 9.69 Å². The van der Waals surface area contributed by atoms with E-state index in [4.69, 9.17) is 4.74 Å². The molecule has 1 aliphatic heterocycles. The molecular weight excluding hydrogens is 447 g/mol. The molecule has 3 aromatic heterocycles. The van der Waals surface area contributed by atoms with Gasteiger partial charge in [0.25, 0.3) is 5.56 Å². The third kappa shape index (κ3) is 4.32. The highest BCUT2D eigenvalue weighted by atomic mass is 32.1. The molecule has 0 atom stereocenters. The minimum absolute atomic E-state index is 0.304. The van der Waals surface area contributed by atoms with Gasteiger partial charge in [-0.2, -0.15) is 13.2 Å². The smallest absolute Gasteiger partial charge is 0.417 e. The van der Waals surface area contributed by atoms with E-state index in [1.165, 1.54) is 13.2 Å². The second-order valence-electron chi connectivity index (χ2n) is 7.41. The molecule has 0 amide bonds. The Morgan fingerprint density at radius 3 is 2.56 bits per heavy atom. The van der Waals surface area contributed by atoms with Crippen LogP contribution in [0.15, 0.2) is 23.1 Å². The van der Waals surface area contributed by atoms with Gasteiger partial charge in [0.1, 0.15) is 21.3 Å². The summed E-state index contributed by atoms with van der Waals surface area (Å²) in [4.78, 5) is 40.6. The molecule has 3 aromatic rings. The summed E-state index contributed by atoms with van der Waals surface area (Å²) in [6.45, 7) is 4.51. The predicted molar refractivity (Wildman–Crippen MR) is 113 cm³/mol. The number of aromatic nitrogens is 3. The first-order valence-electron chi connectivity index (χ1n) is 9.78. The SMILES string of the molecule is COC(=O)c1sc2nc(CN3CCN(c4ccc(C(F)(F)F)cn4)CC3)[nH]c(=O)c2c1C. The number of pyridine rings is 1. The maximum Gasteiger partial charge on any atom is 0.417 e. The van der Waals surface area contributed by atoms with Crippen molar-refractivity contribution in [2.45, 2.75) is 19.6 Å². The Balaban J connectivity index is 1.44. The molecule has 8 nitrogen and oxygen atoms in total. The van der Waals surface area contributed by atoms with E-state index >= 15 is 0 Å². The van der Waals surface area contributed by atoms with Crippen molar-refractivity contribution in [2.24, 2.45) is 0 Å². The fraction of sp³-hybridized carbons (Fsp3) is 0.400. The fourth-order valence-electron chi connectivity index (χ4n) is 3.64. The monoisotopic (exact) mass is 467 g/mol. The number of rotatable bonds is 4. The van der Waals surface area contributed by atoms with E-state index in [1.807, 2.05) is 4.90 Å². The lowest BCUT2D eigenvalue weighted by atomic mass is 10.2. The summed E-state index contributed by atoms with van der Waals surface area (Å²) in [5, 5.41) is 0.386. The van der Waals surface area contributed by atoms with Crippen molar-refractivity contribution in [2.75, 3.05) is 38.2 Å². The largest absolute Gasteiger partial charge is 0.465 e. The van der Waals surface area contributed by atoms with E-state index in [9.17, 15) is 22.8 Å². The quantitative estimate of drug-likeness (QED) is 0.590. The van der Waals surface area contributed by atoms with Crippen LogP contribution in [-0.2, 0) is 17.5 Å². The number of piperazine rings is 1. The lowest BCUT2D eigenvalue weighted by Gasteiger charge is -2.35. The number of H-pyrrole nitrogens is 1. The number of thiophene rings is 1. The topological polar surface area (TPSA) is 91.4 Å². The molecule has 170 valence electrons. The first-order valence-corrected chi connectivity index (χ1v) is 10.6. The third-order valence-electron chi connectivity index (χ3n) is 5.37. The minimum atomic E-state index is -4.41. The number of nitrogens with one attached hydrogen (secondary N) is 1. The molecule has 0 aliphatic carbocycles. The van der Waals surface area contributed by atoms with Gasteiger partial charge in [-0.1, -0.05) is 0 Å². The molecule has 0 spiro atoms. The number of aryl methyl sites for hydroxylation is 1. The highest BCUT2D eigenvalue weighted by Crippen LogP contribution is 2.30. The van der Waals surface area contributed by atoms with Crippen molar-refractivity contribution >= 4 is 33.3 Å². The van der Waals surface area contributed by atoms with Crippen LogP contribution in [-0.4, -0.2) is 59.1 Å². The summed E-state index contributed by atoms with van der Waals surface area (Å²) in [7, 11) is 1.29. The molecule has 4 rings (SSSR count). The van der Waals surface area contributed by atoms with Crippen molar-refractivity contribution in [1.29, 1.82) is 0 Å². The molecule has 0 bridgehead atoms. The number of ether oxygens (including phenoxy) is 1. The van der Waals surface area contributed by atoms with Gasteiger partial charge >= 0.3 is 12.1 Å².